The standard InChI is InChI=1S/C14H16N2/c1-2-11-3-5-12(6-4-11)14(15)13-7-9-16-10-8-13/h3-10,14H,2,15H2,1H3. The lowest BCUT2D eigenvalue weighted by atomic mass is 9.99. The fourth-order valence-electron chi connectivity index (χ4n) is 1.72. The molecule has 0 aliphatic heterocycles. The zero-order valence-corrected chi connectivity index (χ0v) is 9.43. The van der Waals surface area contributed by atoms with Crippen molar-refractivity contribution >= 4 is 0 Å². The Morgan fingerprint density at radius 1 is 1.00 bits per heavy atom. The lowest BCUT2D eigenvalue weighted by Gasteiger charge is -2.12. The van der Waals surface area contributed by atoms with Gasteiger partial charge in [0.05, 0.1) is 6.04 Å². The summed E-state index contributed by atoms with van der Waals surface area (Å²) in [6.07, 6.45) is 4.61. The minimum absolute atomic E-state index is 0.0612. The summed E-state index contributed by atoms with van der Waals surface area (Å²) in [4.78, 5) is 3.99. The smallest absolute Gasteiger partial charge is 0.0552 e. The van der Waals surface area contributed by atoms with Gasteiger partial charge >= 0.3 is 0 Å². The molecule has 1 aromatic heterocycles. The minimum atomic E-state index is -0.0612. The third-order valence-corrected chi connectivity index (χ3v) is 2.81. The fourth-order valence-corrected chi connectivity index (χ4v) is 1.72. The number of hydrogen-bond donors (Lipinski definition) is 1. The van der Waals surface area contributed by atoms with Gasteiger partial charge in [-0.1, -0.05) is 31.2 Å². The van der Waals surface area contributed by atoms with E-state index in [1.165, 1.54) is 5.56 Å². The van der Waals surface area contributed by atoms with Crippen LogP contribution in [0.4, 0.5) is 0 Å². The number of pyridine rings is 1. The molecule has 0 aliphatic carbocycles. The van der Waals surface area contributed by atoms with Crippen molar-refractivity contribution in [3.63, 3.8) is 0 Å². The van der Waals surface area contributed by atoms with Gasteiger partial charge in [-0.15, -0.1) is 0 Å². The zero-order valence-electron chi connectivity index (χ0n) is 9.43. The number of nitrogens with zero attached hydrogens (tertiary/aromatic N) is 1. The molecule has 0 saturated carbocycles. The highest BCUT2D eigenvalue weighted by molar-refractivity contribution is 5.32. The van der Waals surface area contributed by atoms with Crippen LogP contribution in [-0.4, -0.2) is 4.98 Å². The van der Waals surface area contributed by atoms with Gasteiger partial charge in [0.1, 0.15) is 0 Å². The van der Waals surface area contributed by atoms with Crippen LogP contribution in [0.15, 0.2) is 48.8 Å². The van der Waals surface area contributed by atoms with Crippen molar-refractivity contribution in [1.29, 1.82) is 0 Å². The number of rotatable bonds is 3. The summed E-state index contributed by atoms with van der Waals surface area (Å²) in [6, 6.07) is 12.3. The van der Waals surface area contributed by atoms with E-state index in [1.807, 2.05) is 12.1 Å². The van der Waals surface area contributed by atoms with Crippen LogP contribution >= 0.6 is 0 Å². The van der Waals surface area contributed by atoms with E-state index < -0.39 is 0 Å². The molecule has 2 N–H and O–H groups in total. The Hall–Kier alpha value is -1.67. The summed E-state index contributed by atoms with van der Waals surface area (Å²) < 4.78 is 0. The SMILES string of the molecule is CCc1ccc(C(N)c2ccncc2)cc1. The van der Waals surface area contributed by atoms with Gasteiger partial charge in [-0.2, -0.15) is 0 Å². The Bertz CT molecular complexity index is 434. The van der Waals surface area contributed by atoms with E-state index in [-0.39, 0.29) is 6.04 Å². The van der Waals surface area contributed by atoms with Crippen molar-refractivity contribution < 1.29 is 0 Å². The first-order chi connectivity index (χ1) is 7.81. The molecule has 0 fully saturated rings. The summed E-state index contributed by atoms with van der Waals surface area (Å²) in [5.41, 5.74) is 9.76. The van der Waals surface area contributed by atoms with E-state index in [1.54, 1.807) is 12.4 Å². The van der Waals surface area contributed by atoms with Crippen LogP contribution in [0.1, 0.15) is 29.7 Å². The Labute approximate surface area is 96.1 Å². The first kappa shape index (κ1) is 10.8. The summed E-state index contributed by atoms with van der Waals surface area (Å²) in [5, 5.41) is 0. The van der Waals surface area contributed by atoms with Gasteiger partial charge in [-0.05, 0) is 35.2 Å². The Kier molecular flexibility index (Phi) is 3.32. The zero-order chi connectivity index (χ0) is 11.4. The van der Waals surface area contributed by atoms with Gasteiger partial charge in [0.15, 0.2) is 0 Å². The quantitative estimate of drug-likeness (QED) is 0.849. The number of nitrogens with two attached hydrogens (primary N) is 1. The van der Waals surface area contributed by atoms with Crippen LogP contribution in [-0.2, 0) is 6.42 Å². The van der Waals surface area contributed by atoms with Gasteiger partial charge < -0.3 is 5.73 Å². The molecule has 1 aromatic carbocycles. The second-order valence-electron chi connectivity index (χ2n) is 3.85. The predicted octanol–water partition coefficient (Wildman–Crippen LogP) is 2.69. The maximum atomic E-state index is 6.18. The molecule has 2 nitrogen and oxygen atoms in total. The second-order valence-corrected chi connectivity index (χ2v) is 3.85. The van der Waals surface area contributed by atoms with Crippen LogP contribution in [0.2, 0.25) is 0 Å². The number of hydrogen-bond acceptors (Lipinski definition) is 2. The first-order valence-corrected chi connectivity index (χ1v) is 5.55. The Morgan fingerprint density at radius 2 is 1.56 bits per heavy atom. The lowest BCUT2D eigenvalue weighted by Crippen LogP contribution is -2.11. The van der Waals surface area contributed by atoms with Gasteiger partial charge in [0, 0.05) is 12.4 Å². The molecule has 0 spiro atoms. The minimum Gasteiger partial charge on any atom is -0.320 e. The fraction of sp³-hybridized carbons (Fsp3) is 0.214. The molecule has 0 radical (unpaired) electrons. The highest BCUT2D eigenvalue weighted by Gasteiger charge is 2.07. The molecule has 0 saturated heterocycles. The average molecular weight is 212 g/mol. The lowest BCUT2D eigenvalue weighted by molar-refractivity contribution is 0.866. The van der Waals surface area contributed by atoms with E-state index in [4.69, 9.17) is 5.73 Å². The van der Waals surface area contributed by atoms with Crippen molar-refractivity contribution in [2.75, 3.05) is 0 Å². The molecular weight excluding hydrogens is 196 g/mol. The van der Waals surface area contributed by atoms with Crippen LogP contribution in [0.25, 0.3) is 0 Å². The van der Waals surface area contributed by atoms with Crippen LogP contribution < -0.4 is 5.73 Å². The first-order valence-electron chi connectivity index (χ1n) is 5.55. The topological polar surface area (TPSA) is 38.9 Å². The molecule has 16 heavy (non-hydrogen) atoms. The molecule has 1 unspecified atom stereocenters. The van der Waals surface area contributed by atoms with Crippen molar-refractivity contribution in [2.24, 2.45) is 5.73 Å². The van der Waals surface area contributed by atoms with Gasteiger partial charge in [-0.3, -0.25) is 4.98 Å². The van der Waals surface area contributed by atoms with E-state index in [9.17, 15) is 0 Å². The maximum absolute atomic E-state index is 6.18. The van der Waals surface area contributed by atoms with Crippen molar-refractivity contribution in [3.05, 3.63) is 65.5 Å². The molecule has 1 atom stereocenters. The Morgan fingerprint density at radius 3 is 2.12 bits per heavy atom. The molecule has 1 heterocycles. The number of benzene rings is 1. The highest BCUT2D eigenvalue weighted by atomic mass is 14.7. The number of aromatic nitrogens is 1. The van der Waals surface area contributed by atoms with Crippen molar-refractivity contribution in [1.82, 2.24) is 4.98 Å². The largest absolute Gasteiger partial charge is 0.320 e. The van der Waals surface area contributed by atoms with E-state index in [0.717, 1.165) is 17.5 Å². The average Bonchev–Trinajstić information content (AvgIpc) is 2.39. The molecule has 2 aromatic rings. The van der Waals surface area contributed by atoms with Gasteiger partial charge in [-0.25, -0.2) is 0 Å². The summed E-state index contributed by atoms with van der Waals surface area (Å²) >= 11 is 0. The molecule has 0 aliphatic rings. The van der Waals surface area contributed by atoms with E-state index in [0.29, 0.717) is 0 Å². The van der Waals surface area contributed by atoms with Gasteiger partial charge in [0.25, 0.3) is 0 Å². The van der Waals surface area contributed by atoms with Crippen LogP contribution in [0, 0.1) is 0 Å². The second kappa shape index (κ2) is 4.90. The van der Waals surface area contributed by atoms with Crippen LogP contribution in [0.3, 0.4) is 0 Å². The van der Waals surface area contributed by atoms with Gasteiger partial charge in [0.2, 0.25) is 0 Å². The van der Waals surface area contributed by atoms with Crippen molar-refractivity contribution in [2.45, 2.75) is 19.4 Å². The predicted molar refractivity (Wildman–Crippen MR) is 66.1 cm³/mol. The molecule has 0 amide bonds. The molecule has 2 heteroatoms. The number of aryl methyl sites for hydroxylation is 1. The highest BCUT2D eigenvalue weighted by Crippen LogP contribution is 2.19. The summed E-state index contributed by atoms with van der Waals surface area (Å²) in [6.45, 7) is 2.15. The van der Waals surface area contributed by atoms with E-state index >= 15 is 0 Å². The molecular formula is C14H16N2. The summed E-state index contributed by atoms with van der Waals surface area (Å²) in [7, 11) is 0. The monoisotopic (exact) mass is 212 g/mol. The third-order valence-electron chi connectivity index (χ3n) is 2.81. The maximum Gasteiger partial charge on any atom is 0.0552 e. The summed E-state index contributed by atoms with van der Waals surface area (Å²) in [5.74, 6) is 0. The van der Waals surface area contributed by atoms with Crippen LogP contribution in [0.5, 0.6) is 0 Å². The molecule has 0 bridgehead atoms. The molecule has 82 valence electrons. The third kappa shape index (κ3) is 2.28. The van der Waals surface area contributed by atoms with E-state index in [2.05, 4.69) is 36.2 Å². The normalized spacial score (nSPS) is 12.4. The molecule has 2 rings (SSSR count). The van der Waals surface area contributed by atoms with Crippen molar-refractivity contribution in [3.8, 4) is 0 Å². The Balaban J connectivity index is 2.24.